The number of rotatable bonds is 9. The standard InChI is InChI=1S/C26H33N7.C4H8/c1-4-5-6-10-21-11-9-12-22(19-21)28-23-20-25(31(2)3)30-26(29-23)33-17-15-32(16-18-33)24-13-7-8-14-27-24;1-3-4-2/h4-5,7-9,11-14,19-20H,6,10,15-18H2,1-3H3,(H,28,29,30);3H,1,4H2,2H3/b5-4-;. The molecule has 0 saturated carbocycles. The number of piperazine rings is 1. The number of pyridine rings is 1. The van der Waals surface area contributed by atoms with Crippen LogP contribution in [0.15, 0.2) is 79.5 Å². The summed E-state index contributed by atoms with van der Waals surface area (Å²) in [4.78, 5) is 20.8. The molecule has 0 radical (unpaired) electrons. The van der Waals surface area contributed by atoms with Crippen molar-refractivity contribution in [3.05, 3.63) is 85.1 Å². The van der Waals surface area contributed by atoms with E-state index in [1.54, 1.807) is 0 Å². The molecule has 1 aliphatic heterocycles. The lowest BCUT2D eigenvalue weighted by atomic mass is 10.1. The van der Waals surface area contributed by atoms with Gasteiger partial charge in [-0.15, -0.1) is 6.58 Å². The number of benzene rings is 1. The van der Waals surface area contributed by atoms with Crippen molar-refractivity contribution in [3.63, 3.8) is 0 Å². The topological polar surface area (TPSA) is 60.4 Å². The van der Waals surface area contributed by atoms with Crippen molar-refractivity contribution in [2.75, 3.05) is 60.3 Å². The normalized spacial score (nSPS) is 13.2. The summed E-state index contributed by atoms with van der Waals surface area (Å²) in [7, 11) is 4.02. The molecule has 7 heteroatoms. The van der Waals surface area contributed by atoms with Gasteiger partial charge in [-0.25, -0.2) is 4.98 Å². The van der Waals surface area contributed by atoms with Gasteiger partial charge in [0, 0.05) is 58.2 Å². The summed E-state index contributed by atoms with van der Waals surface area (Å²) in [5, 5.41) is 3.50. The van der Waals surface area contributed by atoms with Gasteiger partial charge >= 0.3 is 0 Å². The third kappa shape index (κ3) is 8.63. The summed E-state index contributed by atoms with van der Waals surface area (Å²) in [6, 6.07) is 16.6. The summed E-state index contributed by atoms with van der Waals surface area (Å²) < 4.78 is 0. The predicted molar refractivity (Wildman–Crippen MR) is 158 cm³/mol. The quantitative estimate of drug-likeness (QED) is 0.357. The minimum absolute atomic E-state index is 0.758. The van der Waals surface area contributed by atoms with Gasteiger partial charge in [0.15, 0.2) is 0 Å². The minimum Gasteiger partial charge on any atom is -0.363 e. The SMILES string of the molecule is C/C=C\CCc1cccc(Nc2cc(N(C)C)nc(N3CCN(c4ccccn4)CC3)n2)c1.C=CCC. The molecule has 0 amide bonds. The zero-order valence-corrected chi connectivity index (χ0v) is 22.8. The van der Waals surface area contributed by atoms with Crippen LogP contribution in [0.5, 0.6) is 0 Å². The fourth-order valence-corrected chi connectivity index (χ4v) is 3.90. The van der Waals surface area contributed by atoms with Crippen molar-refractivity contribution in [3.8, 4) is 0 Å². The van der Waals surface area contributed by atoms with E-state index in [1.807, 2.05) is 49.5 Å². The Labute approximate surface area is 222 Å². The lowest BCUT2D eigenvalue weighted by Gasteiger charge is -2.35. The van der Waals surface area contributed by atoms with Crippen LogP contribution >= 0.6 is 0 Å². The third-order valence-electron chi connectivity index (χ3n) is 6.02. The van der Waals surface area contributed by atoms with Crippen LogP contribution in [0.25, 0.3) is 0 Å². The maximum Gasteiger partial charge on any atom is 0.229 e. The highest BCUT2D eigenvalue weighted by Gasteiger charge is 2.21. The molecule has 3 aromatic rings. The average molecular weight is 500 g/mol. The van der Waals surface area contributed by atoms with Crippen molar-refractivity contribution < 1.29 is 0 Å². The molecule has 2 aromatic heterocycles. The number of anilines is 5. The van der Waals surface area contributed by atoms with Crippen molar-refractivity contribution in [2.45, 2.75) is 33.1 Å². The largest absolute Gasteiger partial charge is 0.363 e. The van der Waals surface area contributed by atoms with E-state index in [0.717, 1.165) is 74.5 Å². The second-order valence-corrected chi connectivity index (χ2v) is 9.10. The summed E-state index contributed by atoms with van der Waals surface area (Å²) >= 11 is 0. The van der Waals surface area contributed by atoms with Gasteiger partial charge in [-0.05, 0) is 56.0 Å². The van der Waals surface area contributed by atoms with E-state index < -0.39 is 0 Å². The molecule has 1 saturated heterocycles. The van der Waals surface area contributed by atoms with Gasteiger partial charge in [0.1, 0.15) is 17.5 Å². The van der Waals surface area contributed by atoms with Crippen LogP contribution in [-0.4, -0.2) is 55.2 Å². The van der Waals surface area contributed by atoms with E-state index in [1.165, 1.54) is 5.56 Å². The molecule has 3 heterocycles. The zero-order chi connectivity index (χ0) is 26.5. The van der Waals surface area contributed by atoms with Crippen LogP contribution in [0.1, 0.15) is 32.3 Å². The molecule has 37 heavy (non-hydrogen) atoms. The number of nitrogens with one attached hydrogen (secondary N) is 1. The Balaban J connectivity index is 0.000000886. The molecule has 0 aliphatic carbocycles. The number of hydrogen-bond acceptors (Lipinski definition) is 7. The van der Waals surface area contributed by atoms with Crippen LogP contribution < -0.4 is 20.0 Å². The molecular formula is C30H41N7. The first-order valence-corrected chi connectivity index (χ1v) is 13.1. The monoisotopic (exact) mass is 499 g/mol. The number of allylic oxidation sites excluding steroid dienone is 3. The second-order valence-electron chi connectivity index (χ2n) is 9.10. The second kappa shape index (κ2) is 14.6. The molecule has 1 N–H and O–H groups in total. The molecule has 1 aliphatic rings. The van der Waals surface area contributed by atoms with E-state index in [9.17, 15) is 0 Å². The third-order valence-corrected chi connectivity index (χ3v) is 6.02. The summed E-state index contributed by atoms with van der Waals surface area (Å²) in [6.45, 7) is 11.1. The van der Waals surface area contributed by atoms with Gasteiger partial charge in [0.05, 0.1) is 0 Å². The Bertz CT molecular complexity index is 1120. The molecule has 1 fully saturated rings. The highest BCUT2D eigenvalue weighted by Crippen LogP contribution is 2.24. The Morgan fingerprint density at radius 2 is 1.76 bits per heavy atom. The molecular weight excluding hydrogens is 458 g/mol. The molecule has 7 nitrogen and oxygen atoms in total. The van der Waals surface area contributed by atoms with Crippen molar-refractivity contribution >= 4 is 29.1 Å². The van der Waals surface area contributed by atoms with E-state index in [4.69, 9.17) is 9.97 Å². The number of hydrogen-bond donors (Lipinski definition) is 1. The first-order valence-electron chi connectivity index (χ1n) is 13.1. The molecule has 4 rings (SSSR count). The minimum atomic E-state index is 0.758. The first-order chi connectivity index (χ1) is 18.0. The van der Waals surface area contributed by atoms with Gasteiger partial charge in [0.25, 0.3) is 0 Å². The fourth-order valence-electron chi connectivity index (χ4n) is 3.90. The molecule has 196 valence electrons. The maximum atomic E-state index is 4.87. The van der Waals surface area contributed by atoms with Crippen LogP contribution in [0.2, 0.25) is 0 Å². The lowest BCUT2D eigenvalue weighted by Crippen LogP contribution is -2.47. The smallest absolute Gasteiger partial charge is 0.229 e. The summed E-state index contributed by atoms with van der Waals surface area (Å²) in [6.07, 6.45) is 11.2. The number of aromatic nitrogens is 3. The molecule has 0 spiro atoms. The summed E-state index contributed by atoms with van der Waals surface area (Å²) in [5.41, 5.74) is 2.35. The van der Waals surface area contributed by atoms with Crippen molar-refractivity contribution in [1.29, 1.82) is 0 Å². The predicted octanol–water partition coefficient (Wildman–Crippen LogP) is 6.10. The van der Waals surface area contributed by atoms with Gasteiger partial charge in [-0.2, -0.15) is 9.97 Å². The summed E-state index contributed by atoms with van der Waals surface area (Å²) in [5.74, 6) is 3.48. The van der Waals surface area contributed by atoms with Crippen LogP contribution in [0.4, 0.5) is 29.1 Å². The average Bonchev–Trinajstić information content (AvgIpc) is 2.94. The molecule has 1 aromatic carbocycles. The van der Waals surface area contributed by atoms with Crippen molar-refractivity contribution in [2.24, 2.45) is 0 Å². The molecule has 0 atom stereocenters. The van der Waals surface area contributed by atoms with E-state index in [-0.39, 0.29) is 0 Å². The van der Waals surface area contributed by atoms with Gasteiger partial charge in [-0.1, -0.05) is 43.4 Å². The van der Waals surface area contributed by atoms with E-state index >= 15 is 0 Å². The Kier molecular flexibility index (Phi) is 11.0. The highest BCUT2D eigenvalue weighted by atomic mass is 15.3. The zero-order valence-electron chi connectivity index (χ0n) is 22.8. The Hall–Kier alpha value is -3.87. The molecule has 0 bridgehead atoms. The fraction of sp³-hybridized carbons (Fsp3) is 0.367. The van der Waals surface area contributed by atoms with E-state index in [0.29, 0.717) is 0 Å². The van der Waals surface area contributed by atoms with Gasteiger partial charge < -0.3 is 20.0 Å². The van der Waals surface area contributed by atoms with Crippen molar-refractivity contribution in [1.82, 2.24) is 15.0 Å². The Morgan fingerprint density at radius 1 is 1.00 bits per heavy atom. The number of aryl methyl sites for hydroxylation is 1. The first kappa shape index (κ1) is 27.7. The van der Waals surface area contributed by atoms with Crippen LogP contribution in [0, 0.1) is 0 Å². The Morgan fingerprint density at radius 3 is 2.41 bits per heavy atom. The lowest BCUT2D eigenvalue weighted by molar-refractivity contribution is 0.635. The highest BCUT2D eigenvalue weighted by molar-refractivity contribution is 5.62. The van der Waals surface area contributed by atoms with Gasteiger partial charge in [-0.3, -0.25) is 0 Å². The number of nitrogens with zero attached hydrogens (tertiary/aromatic N) is 6. The van der Waals surface area contributed by atoms with Crippen LogP contribution in [0.3, 0.4) is 0 Å². The van der Waals surface area contributed by atoms with Gasteiger partial charge in [0.2, 0.25) is 5.95 Å². The van der Waals surface area contributed by atoms with Crippen LogP contribution in [-0.2, 0) is 6.42 Å². The van der Waals surface area contributed by atoms with E-state index in [2.05, 4.69) is 83.0 Å². The maximum absolute atomic E-state index is 4.87. The molecule has 0 unspecified atom stereocenters.